The van der Waals surface area contributed by atoms with Gasteiger partial charge in [-0.1, -0.05) is 6.07 Å². The van der Waals surface area contributed by atoms with Crippen LogP contribution in [0.4, 0.5) is 0 Å². The highest BCUT2D eigenvalue weighted by Crippen LogP contribution is 2.58. The van der Waals surface area contributed by atoms with Gasteiger partial charge in [-0.05, 0) is 38.5 Å². The SMILES string of the molecule is COCC1(C#N)CC2(C)C(=O)N(C)C(C)(C)C(=O)N2C1c1ccc2c(c1)OCO2. The van der Waals surface area contributed by atoms with Gasteiger partial charge in [-0.25, -0.2) is 0 Å². The van der Waals surface area contributed by atoms with E-state index in [0.717, 1.165) is 5.56 Å². The Morgan fingerprint density at radius 2 is 1.90 bits per heavy atom. The molecule has 0 bridgehead atoms. The summed E-state index contributed by atoms with van der Waals surface area (Å²) in [5.41, 5.74) is -2.53. The molecule has 8 heteroatoms. The molecule has 0 saturated carbocycles. The highest BCUT2D eigenvalue weighted by Gasteiger charge is 2.68. The second-order valence-electron chi connectivity index (χ2n) is 8.77. The highest BCUT2D eigenvalue weighted by molar-refractivity contribution is 6.02. The van der Waals surface area contributed by atoms with Crippen LogP contribution >= 0.6 is 0 Å². The number of benzene rings is 1. The third-order valence-corrected chi connectivity index (χ3v) is 6.66. The molecule has 3 aliphatic heterocycles. The number of hydrogen-bond donors (Lipinski definition) is 0. The van der Waals surface area contributed by atoms with Crippen molar-refractivity contribution < 1.29 is 23.8 Å². The summed E-state index contributed by atoms with van der Waals surface area (Å²) in [4.78, 5) is 30.1. The average molecular weight is 399 g/mol. The summed E-state index contributed by atoms with van der Waals surface area (Å²) in [7, 11) is 3.16. The number of fused-ring (bicyclic) bond motifs is 2. The Labute approximate surface area is 169 Å². The van der Waals surface area contributed by atoms with E-state index in [1.54, 1.807) is 44.9 Å². The maximum absolute atomic E-state index is 13.6. The minimum absolute atomic E-state index is 0.0966. The molecule has 8 nitrogen and oxygen atoms in total. The quantitative estimate of drug-likeness (QED) is 0.770. The molecule has 29 heavy (non-hydrogen) atoms. The molecule has 0 aromatic heterocycles. The van der Waals surface area contributed by atoms with Gasteiger partial charge in [0.05, 0.1) is 18.7 Å². The zero-order chi connectivity index (χ0) is 21.2. The van der Waals surface area contributed by atoms with Crippen LogP contribution in [0.1, 0.15) is 38.8 Å². The molecular weight excluding hydrogens is 374 g/mol. The Morgan fingerprint density at radius 1 is 1.21 bits per heavy atom. The van der Waals surface area contributed by atoms with E-state index in [2.05, 4.69) is 6.07 Å². The van der Waals surface area contributed by atoms with Gasteiger partial charge in [0.2, 0.25) is 18.6 Å². The number of nitriles is 1. The number of likely N-dealkylation sites (N-methyl/N-ethyl adjacent to an activating group) is 1. The van der Waals surface area contributed by atoms with Crippen LogP contribution in [0.5, 0.6) is 11.5 Å². The van der Waals surface area contributed by atoms with E-state index in [4.69, 9.17) is 14.2 Å². The molecule has 154 valence electrons. The molecule has 3 atom stereocenters. The van der Waals surface area contributed by atoms with E-state index in [0.29, 0.717) is 11.5 Å². The minimum atomic E-state index is -1.14. The van der Waals surface area contributed by atoms with Crippen LogP contribution in [0.3, 0.4) is 0 Å². The fourth-order valence-corrected chi connectivity index (χ4v) is 4.97. The van der Waals surface area contributed by atoms with Gasteiger partial charge in [0.25, 0.3) is 0 Å². The summed E-state index contributed by atoms with van der Waals surface area (Å²) in [5, 5.41) is 10.3. The number of carbonyl (C=O) groups is 2. The standard InChI is InChI=1S/C21H25N3O5/c1-19(2)17(25)24-16(13-6-7-14-15(8-13)29-12-28-14)21(10-22,11-27-5)9-20(24,3)18(26)23(19)4/h6-8,16H,9,11-12H2,1-5H3. The molecule has 2 amide bonds. The molecular formula is C21H25N3O5. The van der Waals surface area contributed by atoms with Gasteiger partial charge >= 0.3 is 0 Å². The van der Waals surface area contributed by atoms with Crippen molar-refractivity contribution in [1.82, 2.24) is 9.80 Å². The van der Waals surface area contributed by atoms with Crippen LogP contribution in [0, 0.1) is 16.7 Å². The first kappa shape index (κ1) is 19.5. The van der Waals surface area contributed by atoms with Gasteiger partial charge in [-0.15, -0.1) is 0 Å². The van der Waals surface area contributed by atoms with E-state index in [9.17, 15) is 14.9 Å². The van der Waals surface area contributed by atoms with Crippen molar-refractivity contribution in [3.05, 3.63) is 23.8 Å². The predicted octanol–water partition coefficient (Wildman–Crippen LogP) is 1.85. The lowest BCUT2D eigenvalue weighted by Gasteiger charge is -2.52. The largest absolute Gasteiger partial charge is 0.454 e. The van der Waals surface area contributed by atoms with Gasteiger partial charge in [0.1, 0.15) is 16.5 Å². The van der Waals surface area contributed by atoms with Gasteiger partial charge in [0.15, 0.2) is 11.5 Å². The van der Waals surface area contributed by atoms with Crippen LogP contribution < -0.4 is 9.47 Å². The van der Waals surface area contributed by atoms with Crippen LogP contribution in [0.25, 0.3) is 0 Å². The lowest BCUT2D eigenvalue weighted by molar-refractivity contribution is -0.174. The number of ether oxygens (including phenoxy) is 3. The molecule has 3 aliphatic rings. The Morgan fingerprint density at radius 3 is 2.55 bits per heavy atom. The average Bonchev–Trinajstić information content (AvgIpc) is 3.26. The second kappa shape index (κ2) is 6.10. The number of methoxy groups -OCH3 is 1. The summed E-state index contributed by atoms with van der Waals surface area (Å²) in [6.45, 7) is 5.42. The summed E-state index contributed by atoms with van der Waals surface area (Å²) >= 11 is 0. The normalized spacial score (nSPS) is 32.3. The van der Waals surface area contributed by atoms with Crippen LogP contribution in [-0.2, 0) is 14.3 Å². The van der Waals surface area contributed by atoms with Crippen molar-refractivity contribution in [2.75, 3.05) is 27.6 Å². The molecule has 1 aromatic rings. The van der Waals surface area contributed by atoms with Crippen LogP contribution in [0.15, 0.2) is 18.2 Å². The zero-order valence-electron chi connectivity index (χ0n) is 17.3. The lowest BCUT2D eigenvalue weighted by Crippen LogP contribution is -2.71. The Balaban J connectivity index is 1.93. The Kier molecular flexibility index (Phi) is 4.11. The maximum atomic E-state index is 13.6. The molecule has 0 N–H and O–H groups in total. The number of rotatable bonds is 3. The fraction of sp³-hybridized carbons (Fsp3) is 0.571. The molecule has 3 unspecified atom stereocenters. The number of amides is 2. The van der Waals surface area contributed by atoms with E-state index >= 15 is 0 Å². The second-order valence-corrected chi connectivity index (χ2v) is 8.77. The van der Waals surface area contributed by atoms with E-state index < -0.39 is 22.5 Å². The van der Waals surface area contributed by atoms with Crippen LogP contribution in [0.2, 0.25) is 0 Å². The summed E-state index contributed by atoms with van der Waals surface area (Å²) in [6.07, 6.45) is 0.189. The molecule has 0 spiro atoms. The van der Waals surface area contributed by atoms with Crippen molar-refractivity contribution in [2.45, 2.75) is 44.3 Å². The first-order valence-corrected chi connectivity index (χ1v) is 9.54. The third kappa shape index (κ3) is 2.40. The van der Waals surface area contributed by atoms with Crippen molar-refractivity contribution in [2.24, 2.45) is 5.41 Å². The van der Waals surface area contributed by atoms with Crippen molar-refractivity contribution in [3.63, 3.8) is 0 Å². The molecule has 0 aliphatic carbocycles. The maximum Gasteiger partial charge on any atom is 0.249 e. The predicted molar refractivity (Wildman–Crippen MR) is 102 cm³/mol. The van der Waals surface area contributed by atoms with Crippen LogP contribution in [-0.4, -0.2) is 60.2 Å². The van der Waals surface area contributed by atoms with E-state index in [1.165, 1.54) is 12.0 Å². The van der Waals surface area contributed by atoms with E-state index in [1.807, 2.05) is 6.07 Å². The van der Waals surface area contributed by atoms with E-state index in [-0.39, 0.29) is 31.6 Å². The lowest BCUT2D eigenvalue weighted by atomic mass is 9.76. The zero-order valence-corrected chi connectivity index (χ0v) is 17.3. The van der Waals surface area contributed by atoms with Crippen molar-refractivity contribution in [1.29, 1.82) is 5.26 Å². The van der Waals surface area contributed by atoms with Gasteiger partial charge in [0, 0.05) is 20.6 Å². The number of nitrogens with zero attached hydrogens (tertiary/aromatic N) is 3. The monoisotopic (exact) mass is 399 g/mol. The summed E-state index contributed by atoms with van der Waals surface area (Å²) < 4.78 is 16.3. The molecule has 3 heterocycles. The number of piperazine rings is 1. The van der Waals surface area contributed by atoms with Gasteiger partial charge in [-0.2, -0.15) is 5.26 Å². The van der Waals surface area contributed by atoms with Crippen molar-refractivity contribution >= 4 is 11.8 Å². The van der Waals surface area contributed by atoms with Gasteiger partial charge in [-0.3, -0.25) is 9.59 Å². The number of carbonyl (C=O) groups excluding carboxylic acids is 2. The molecule has 2 fully saturated rings. The molecule has 0 radical (unpaired) electrons. The summed E-state index contributed by atoms with van der Waals surface area (Å²) in [5.74, 6) is 0.802. The van der Waals surface area contributed by atoms with Crippen molar-refractivity contribution in [3.8, 4) is 17.6 Å². The molecule has 4 rings (SSSR count). The minimum Gasteiger partial charge on any atom is -0.454 e. The first-order chi connectivity index (χ1) is 13.6. The highest BCUT2D eigenvalue weighted by atomic mass is 16.7. The molecule has 1 aromatic carbocycles. The molecule has 2 saturated heterocycles. The number of hydrogen-bond acceptors (Lipinski definition) is 6. The Bertz CT molecular complexity index is 939. The van der Waals surface area contributed by atoms with Gasteiger partial charge < -0.3 is 24.0 Å². The third-order valence-electron chi connectivity index (χ3n) is 6.66. The smallest absolute Gasteiger partial charge is 0.249 e. The first-order valence-electron chi connectivity index (χ1n) is 9.54. The Hall–Kier alpha value is -2.79. The summed E-state index contributed by atoms with van der Waals surface area (Å²) in [6, 6.07) is 7.14. The fourth-order valence-electron chi connectivity index (χ4n) is 4.97. The topological polar surface area (TPSA) is 92.1 Å².